The van der Waals surface area contributed by atoms with Gasteiger partial charge in [-0.3, -0.25) is 4.79 Å². The molecule has 0 aromatic heterocycles. The van der Waals surface area contributed by atoms with Crippen LogP contribution < -0.4 is 0 Å². The first-order valence-electron chi connectivity index (χ1n) is 9.88. The van der Waals surface area contributed by atoms with Crippen LogP contribution in [-0.4, -0.2) is 29.6 Å². The van der Waals surface area contributed by atoms with E-state index in [4.69, 9.17) is 0 Å². The quantitative estimate of drug-likeness (QED) is 0.580. The first-order chi connectivity index (χ1) is 13.8. The van der Waals surface area contributed by atoms with E-state index in [9.17, 15) is 4.79 Å². The number of benzene rings is 3. The molecule has 3 heteroatoms. The van der Waals surface area contributed by atoms with Crippen LogP contribution in [0.2, 0.25) is 0 Å². The molecule has 0 N–H and O–H groups in total. The summed E-state index contributed by atoms with van der Waals surface area (Å²) in [5.74, 6) is 1.24. The van der Waals surface area contributed by atoms with Crippen LogP contribution in [0, 0.1) is 0 Å². The van der Waals surface area contributed by atoms with E-state index in [-0.39, 0.29) is 5.91 Å². The summed E-state index contributed by atoms with van der Waals surface area (Å²) in [6, 6.07) is 29.4. The van der Waals surface area contributed by atoms with Crippen LogP contribution >= 0.6 is 11.8 Å². The topological polar surface area (TPSA) is 20.3 Å². The standard InChI is InChI=1S/C25H25NOS/c27-25(19-20-11-13-22(14-12-20)21-7-3-1-4-8-21)26-16-15-24(28-18-17-26)23-9-5-2-6-10-23/h1-14,24H,15-19H2. The molecule has 3 aromatic rings. The van der Waals surface area contributed by atoms with E-state index >= 15 is 0 Å². The lowest BCUT2D eigenvalue weighted by Crippen LogP contribution is -2.34. The van der Waals surface area contributed by atoms with Crippen molar-refractivity contribution in [1.82, 2.24) is 4.90 Å². The van der Waals surface area contributed by atoms with E-state index < -0.39 is 0 Å². The van der Waals surface area contributed by atoms with Crippen molar-refractivity contribution in [3.63, 3.8) is 0 Å². The Morgan fingerprint density at radius 1 is 0.821 bits per heavy atom. The zero-order valence-electron chi connectivity index (χ0n) is 16.0. The molecular weight excluding hydrogens is 362 g/mol. The Hall–Kier alpha value is -2.52. The van der Waals surface area contributed by atoms with E-state index in [1.54, 1.807) is 0 Å². The Kier molecular flexibility index (Phi) is 6.13. The fourth-order valence-corrected chi connectivity index (χ4v) is 4.92. The van der Waals surface area contributed by atoms with Gasteiger partial charge < -0.3 is 4.90 Å². The van der Waals surface area contributed by atoms with Crippen molar-refractivity contribution < 1.29 is 4.79 Å². The van der Waals surface area contributed by atoms with Crippen molar-refractivity contribution in [2.45, 2.75) is 18.1 Å². The fourth-order valence-electron chi connectivity index (χ4n) is 3.69. The maximum atomic E-state index is 12.8. The molecule has 0 saturated carbocycles. The average molecular weight is 388 g/mol. The number of carbonyl (C=O) groups is 1. The van der Waals surface area contributed by atoms with E-state index in [2.05, 4.69) is 66.7 Å². The Bertz CT molecular complexity index is 893. The molecule has 1 heterocycles. The fraction of sp³-hybridized carbons (Fsp3) is 0.240. The molecule has 1 aliphatic heterocycles. The third kappa shape index (κ3) is 4.66. The lowest BCUT2D eigenvalue weighted by molar-refractivity contribution is -0.130. The molecule has 1 unspecified atom stereocenters. The zero-order valence-corrected chi connectivity index (χ0v) is 16.8. The molecule has 2 nitrogen and oxygen atoms in total. The Balaban J connectivity index is 1.36. The van der Waals surface area contributed by atoms with Gasteiger partial charge in [-0.05, 0) is 28.7 Å². The molecule has 0 spiro atoms. The van der Waals surface area contributed by atoms with E-state index in [1.807, 2.05) is 34.9 Å². The molecular formula is C25H25NOS. The summed E-state index contributed by atoms with van der Waals surface area (Å²) < 4.78 is 0. The van der Waals surface area contributed by atoms with Gasteiger partial charge in [0.1, 0.15) is 0 Å². The summed E-state index contributed by atoms with van der Waals surface area (Å²) in [7, 11) is 0. The molecule has 1 atom stereocenters. The van der Waals surface area contributed by atoms with Gasteiger partial charge in [-0.25, -0.2) is 0 Å². The number of nitrogens with zero attached hydrogens (tertiary/aromatic N) is 1. The summed E-state index contributed by atoms with van der Waals surface area (Å²) in [4.78, 5) is 14.9. The van der Waals surface area contributed by atoms with Gasteiger partial charge in [0.25, 0.3) is 0 Å². The Morgan fingerprint density at radius 2 is 1.46 bits per heavy atom. The Morgan fingerprint density at radius 3 is 2.18 bits per heavy atom. The van der Waals surface area contributed by atoms with Crippen molar-refractivity contribution >= 4 is 17.7 Å². The Labute approximate surface area is 171 Å². The lowest BCUT2D eigenvalue weighted by atomic mass is 10.0. The second-order valence-corrected chi connectivity index (χ2v) is 8.49. The summed E-state index contributed by atoms with van der Waals surface area (Å²) in [6.07, 6.45) is 1.50. The van der Waals surface area contributed by atoms with Gasteiger partial charge in [-0.15, -0.1) is 0 Å². The van der Waals surface area contributed by atoms with Gasteiger partial charge >= 0.3 is 0 Å². The molecule has 0 radical (unpaired) electrons. The lowest BCUT2D eigenvalue weighted by Gasteiger charge is -2.20. The summed E-state index contributed by atoms with van der Waals surface area (Å²) >= 11 is 1.97. The molecule has 1 aliphatic rings. The molecule has 28 heavy (non-hydrogen) atoms. The van der Waals surface area contributed by atoms with Gasteiger partial charge in [-0.1, -0.05) is 84.9 Å². The highest BCUT2D eigenvalue weighted by Crippen LogP contribution is 2.34. The normalized spacial score (nSPS) is 17.1. The second kappa shape index (κ2) is 9.11. The van der Waals surface area contributed by atoms with Crippen LogP contribution in [-0.2, 0) is 11.2 Å². The number of carbonyl (C=O) groups excluding carboxylic acids is 1. The third-order valence-electron chi connectivity index (χ3n) is 5.28. The van der Waals surface area contributed by atoms with Crippen molar-refractivity contribution in [3.05, 3.63) is 96.1 Å². The first kappa shape index (κ1) is 18.8. The number of hydrogen-bond acceptors (Lipinski definition) is 2. The van der Waals surface area contributed by atoms with Gasteiger partial charge in [0.05, 0.1) is 6.42 Å². The molecule has 4 rings (SSSR count). The van der Waals surface area contributed by atoms with Crippen LogP contribution in [0.15, 0.2) is 84.9 Å². The van der Waals surface area contributed by atoms with Crippen molar-refractivity contribution in [1.29, 1.82) is 0 Å². The predicted octanol–water partition coefficient (Wildman–Crippen LogP) is 5.60. The summed E-state index contributed by atoms with van der Waals surface area (Å²) in [6.45, 7) is 1.68. The van der Waals surface area contributed by atoms with Gasteiger partial charge in [0.2, 0.25) is 5.91 Å². The minimum atomic E-state index is 0.238. The van der Waals surface area contributed by atoms with Crippen molar-refractivity contribution in [3.8, 4) is 11.1 Å². The first-order valence-corrected chi connectivity index (χ1v) is 10.9. The van der Waals surface area contributed by atoms with E-state index in [0.29, 0.717) is 11.7 Å². The van der Waals surface area contributed by atoms with Crippen molar-refractivity contribution in [2.75, 3.05) is 18.8 Å². The van der Waals surface area contributed by atoms with E-state index in [0.717, 1.165) is 30.8 Å². The van der Waals surface area contributed by atoms with E-state index in [1.165, 1.54) is 16.7 Å². The molecule has 0 bridgehead atoms. The molecule has 1 saturated heterocycles. The maximum absolute atomic E-state index is 12.8. The largest absolute Gasteiger partial charge is 0.342 e. The number of hydrogen-bond donors (Lipinski definition) is 0. The highest BCUT2D eigenvalue weighted by molar-refractivity contribution is 7.99. The third-order valence-corrected chi connectivity index (χ3v) is 6.61. The summed E-state index contributed by atoms with van der Waals surface area (Å²) in [5.41, 5.74) is 4.85. The van der Waals surface area contributed by atoms with Gasteiger partial charge in [-0.2, -0.15) is 11.8 Å². The van der Waals surface area contributed by atoms with Crippen LogP contribution in [0.1, 0.15) is 22.8 Å². The monoisotopic (exact) mass is 387 g/mol. The second-order valence-electron chi connectivity index (χ2n) is 7.18. The molecule has 142 valence electrons. The molecule has 1 fully saturated rings. The highest BCUT2D eigenvalue weighted by Gasteiger charge is 2.22. The smallest absolute Gasteiger partial charge is 0.227 e. The zero-order chi connectivity index (χ0) is 19.2. The summed E-state index contributed by atoms with van der Waals surface area (Å²) in [5, 5.41) is 0.490. The van der Waals surface area contributed by atoms with Crippen LogP contribution in [0.5, 0.6) is 0 Å². The van der Waals surface area contributed by atoms with Crippen LogP contribution in [0.25, 0.3) is 11.1 Å². The number of rotatable bonds is 4. The minimum absolute atomic E-state index is 0.238. The highest BCUT2D eigenvalue weighted by atomic mass is 32.2. The van der Waals surface area contributed by atoms with Gasteiger partial charge in [0, 0.05) is 24.1 Å². The predicted molar refractivity (Wildman–Crippen MR) is 118 cm³/mol. The average Bonchev–Trinajstić information content (AvgIpc) is 3.02. The SMILES string of the molecule is O=C(Cc1ccc(-c2ccccc2)cc1)N1CCSC(c2ccccc2)CC1. The molecule has 0 aliphatic carbocycles. The van der Waals surface area contributed by atoms with Crippen LogP contribution in [0.4, 0.5) is 0 Å². The molecule has 3 aromatic carbocycles. The number of thioether (sulfide) groups is 1. The number of amides is 1. The molecule has 1 amide bonds. The van der Waals surface area contributed by atoms with Crippen LogP contribution in [0.3, 0.4) is 0 Å². The van der Waals surface area contributed by atoms with Crippen molar-refractivity contribution in [2.24, 2.45) is 0 Å². The maximum Gasteiger partial charge on any atom is 0.227 e. The minimum Gasteiger partial charge on any atom is -0.342 e. The van der Waals surface area contributed by atoms with Gasteiger partial charge in [0.15, 0.2) is 0 Å².